The van der Waals surface area contributed by atoms with Crippen LogP contribution in [0.15, 0.2) is 48.5 Å². The Labute approximate surface area is 158 Å². The van der Waals surface area contributed by atoms with E-state index < -0.39 is 5.97 Å². The minimum absolute atomic E-state index is 0.0300. The molecular formula is C22H24O5. The summed E-state index contributed by atoms with van der Waals surface area (Å²) in [6, 6.07) is 13.4. The normalized spacial score (nSPS) is 10.5. The second kappa shape index (κ2) is 10.3. The number of carboxylic acid groups (broad SMARTS) is 1. The van der Waals surface area contributed by atoms with E-state index >= 15 is 0 Å². The molecule has 0 aliphatic rings. The number of ketones is 2. The van der Waals surface area contributed by atoms with Crippen molar-refractivity contribution in [2.45, 2.75) is 44.9 Å². The maximum absolute atomic E-state index is 12.3. The molecule has 5 nitrogen and oxygen atoms in total. The lowest BCUT2D eigenvalue weighted by Crippen LogP contribution is -2.05. The fourth-order valence-corrected chi connectivity index (χ4v) is 2.86. The first kappa shape index (κ1) is 20.4. The highest BCUT2D eigenvalue weighted by Gasteiger charge is 2.12. The van der Waals surface area contributed by atoms with Gasteiger partial charge in [0.2, 0.25) is 0 Å². The molecule has 0 unspecified atom stereocenters. The number of rotatable bonds is 11. The number of unbranched alkanes of at least 4 members (excludes halogenated alkanes) is 3. The van der Waals surface area contributed by atoms with Gasteiger partial charge in [-0.25, -0.2) is 0 Å². The molecule has 0 saturated heterocycles. The number of hydrogen-bond acceptors (Lipinski definition) is 4. The van der Waals surface area contributed by atoms with Gasteiger partial charge in [0, 0.05) is 24.8 Å². The third kappa shape index (κ3) is 6.70. The van der Waals surface area contributed by atoms with E-state index in [1.807, 2.05) is 0 Å². The molecule has 0 fully saturated rings. The van der Waals surface area contributed by atoms with Gasteiger partial charge in [-0.3, -0.25) is 14.4 Å². The second-order valence-electron chi connectivity index (χ2n) is 6.55. The molecular weight excluding hydrogens is 344 g/mol. The number of hydrogen-bond donors (Lipinski definition) is 2. The first-order valence-electron chi connectivity index (χ1n) is 9.12. The van der Waals surface area contributed by atoms with Crippen molar-refractivity contribution in [3.63, 3.8) is 0 Å². The molecule has 2 N–H and O–H groups in total. The third-order valence-electron chi connectivity index (χ3n) is 4.39. The van der Waals surface area contributed by atoms with Gasteiger partial charge in [0.1, 0.15) is 5.75 Å². The van der Waals surface area contributed by atoms with Gasteiger partial charge in [-0.15, -0.1) is 0 Å². The summed E-state index contributed by atoms with van der Waals surface area (Å²) in [5.41, 5.74) is 1.69. The van der Waals surface area contributed by atoms with E-state index in [-0.39, 0.29) is 30.2 Å². The van der Waals surface area contributed by atoms with Gasteiger partial charge in [0.05, 0.1) is 5.56 Å². The molecule has 2 aromatic carbocycles. The number of carbonyl (C=O) groups excluding carboxylic acids is 2. The van der Waals surface area contributed by atoms with Gasteiger partial charge in [-0.1, -0.05) is 49.2 Å². The predicted molar refractivity (Wildman–Crippen MR) is 102 cm³/mol. The number of phenols is 1. The van der Waals surface area contributed by atoms with Crippen LogP contribution >= 0.6 is 0 Å². The van der Waals surface area contributed by atoms with Crippen LogP contribution in [0.5, 0.6) is 5.75 Å². The van der Waals surface area contributed by atoms with Crippen LogP contribution in [0.3, 0.4) is 0 Å². The molecule has 0 bridgehead atoms. The molecule has 0 atom stereocenters. The number of aliphatic carboxylic acids is 1. The van der Waals surface area contributed by atoms with E-state index in [4.69, 9.17) is 5.11 Å². The number of carbonyl (C=O) groups is 3. The minimum Gasteiger partial charge on any atom is -0.507 e. The third-order valence-corrected chi connectivity index (χ3v) is 4.39. The summed E-state index contributed by atoms with van der Waals surface area (Å²) in [6.45, 7) is 0. The van der Waals surface area contributed by atoms with Crippen LogP contribution in [0.2, 0.25) is 0 Å². The zero-order valence-electron chi connectivity index (χ0n) is 15.2. The molecule has 0 saturated carbocycles. The Balaban J connectivity index is 1.80. The van der Waals surface area contributed by atoms with Crippen LogP contribution in [0.4, 0.5) is 0 Å². The predicted octanol–water partition coefficient (Wildman–Crippen LogP) is 4.43. The van der Waals surface area contributed by atoms with Crippen LogP contribution in [0, 0.1) is 0 Å². The summed E-state index contributed by atoms with van der Waals surface area (Å²) in [6.07, 6.45) is 3.81. The van der Waals surface area contributed by atoms with E-state index in [2.05, 4.69) is 0 Å². The Kier molecular flexibility index (Phi) is 7.74. The number of benzene rings is 2. The largest absolute Gasteiger partial charge is 0.507 e. The first-order chi connectivity index (χ1) is 13.0. The van der Waals surface area contributed by atoms with Crippen LogP contribution in [0.1, 0.15) is 64.8 Å². The molecule has 0 aromatic heterocycles. The molecule has 142 valence electrons. The zero-order valence-corrected chi connectivity index (χ0v) is 15.2. The van der Waals surface area contributed by atoms with Gasteiger partial charge in [0.15, 0.2) is 11.6 Å². The highest BCUT2D eigenvalue weighted by molar-refractivity contribution is 6.00. The van der Waals surface area contributed by atoms with E-state index in [1.54, 1.807) is 42.5 Å². The van der Waals surface area contributed by atoms with E-state index in [0.29, 0.717) is 24.0 Å². The number of carboxylic acids is 1. The minimum atomic E-state index is -0.785. The molecule has 0 aliphatic carbocycles. The van der Waals surface area contributed by atoms with Crippen molar-refractivity contribution in [1.82, 2.24) is 0 Å². The van der Waals surface area contributed by atoms with Gasteiger partial charge < -0.3 is 10.2 Å². The van der Waals surface area contributed by atoms with E-state index in [0.717, 1.165) is 24.8 Å². The summed E-state index contributed by atoms with van der Waals surface area (Å²) >= 11 is 0. The summed E-state index contributed by atoms with van der Waals surface area (Å²) < 4.78 is 0. The van der Waals surface area contributed by atoms with Gasteiger partial charge in [-0.05, 0) is 30.5 Å². The zero-order chi connectivity index (χ0) is 19.6. The van der Waals surface area contributed by atoms with Gasteiger partial charge in [0.25, 0.3) is 0 Å². The Bertz CT molecular complexity index is 793. The van der Waals surface area contributed by atoms with Crippen LogP contribution in [-0.4, -0.2) is 27.7 Å². The average Bonchev–Trinajstić information content (AvgIpc) is 2.65. The monoisotopic (exact) mass is 368 g/mol. The topological polar surface area (TPSA) is 91.7 Å². The Morgan fingerprint density at radius 2 is 1.37 bits per heavy atom. The van der Waals surface area contributed by atoms with Crippen molar-refractivity contribution in [1.29, 1.82) is 0 Å². The highest BCUT2D eigenvalue weighted by Crippen LogP contribution is 2.19. The molecule has 5 heteroatoms. The van der Waals surface area contributed by atoms with Crippen molar-refractivity contribution < 1.29 is 24.6 Å². The van der Waals surface area contributed by atoms with Crippen molar-refractivity contribution >= 4 is 17.5 Å². The summed E-state index contributed by atoms with van der Waals surface area (Å²) in [5.74, 6) is -0.940. The standard InChI is InChI=1S/C22H24O5/c23-19(8-3-1-2-4-10-22(26)27)17-13-11-16(12-14-17)15-21(25)18-7-5-6-9-20(18)24/h5-7,9,11-14,24H,1-4,8,10,15H2,(H,26,27). The Morgan fingerprint density at radius 3 is 2.00 bits per heavy atom. The highest BCUT2D eigenvalue weighted by atomic mass is 16.4. The molecule has 0 spiro atoms. The van der Waals surface area contributed by atoms with E-state index in [9.17, 15) is 19.5 Å². The lowest BCUT2D eigenvalue weighted by Gasteiger charge is -2.05. The fraction of sp³-hybridized carbons (Fsp3) is 0.318. The summed E-state index contributed by atoms with van der Waals surface area (Å²) in [7, 11) is 0. The molecule has 2 aromatic rings. The van der Waals surface area contributed by atoms with Crippen LogP contribution in [0.25, 0.3) is 0 Å². The lowest BCUT2D eigenvalue weighted by molar-refractivity contribution is -0.137. The number of aromatic hydroxyl groups is 1. The maximum Gasteiger partial charge on any atom is 0.303 e. The van der Waals surface area contributed by atoms with Crippen molar-refractivity contribution in [2.24, 2.45) is 0 Å². The van der Waals surface area contributed by atoms with Gasteiger partial charge in [-0.2, -0.15) is 0 Å². The lowest BCUT2D eigenvalue weighted by atomic mass is 9.99. The van der Waals surface area contributed by atoms with Crippen molar-refractivity contribution in [3.8, 4) is 5.75 Å². The first-order valence-corrected chi connectivity index (χ1v) is 9.12. The average molecular weight is 368 g/mol. The second-order valence-corrected chi connectivity index (χ2v) is 6.55. The quantitative estimate of drug-likeness (QED) is 0.452. The summed E-state index contributed by atoms with van der Waals surface area (Å²) in [5, 5.41) is 18.3. The smallest absolute Gasteiger partial charge is 0.303 e. The maximum atomic E-state index is 12.3. The Morgan fingerprint density at radius 1 is 0.741 bits per heavy atom. The van der Waals surface area contributed by atoms with Crippen molar-refractivity contribution in [3.05, 3.63) is 65.2 Å². The molecule has 0 heterocycles. The number of phenolic OH excluding ortho intramolecular Hbond substituents is 1. The molecule has 2 rings (SSSR count). The van der Waals surface area contributed by atoms with E-state index in [1.165, 1.54) is 6.07 Å². The molecule has 27 heavy (non-hydrogen) atoms. The number of Topliss-reactive ketones (excluding diaryl/α,β-unsaturated/α-hetero) is 2. The molecule has 0 amide bonds. The SMILES string of the molecule is O=C(O)CCCCCCC(=O)c1ccc(CC(=O)c2ccccc2O)cc1. The molecule has 0 aliphatic heterocycles. The molecule has 0 radical (unpaired) electrons. The fourth-order valence-electron chi connectivity index (χ4n) is 2.86. The summed E-state index contributed by atoms with van der Waals surface area (Å²) in [4.78, 5) is 34.9. The Hall–Kier alpha value is -2.95. The van der Waals surface area contributed by atoms with Crippen LogP contribution in [-0.2, 0) is 11.2 Å². The van der Waals surface area contributed by atoms with Gasteiger partial charge >= 0.3 is 5.97 Å². The number of para-hydroxylation sites is 1. The van der Waals surface area contributed by atoms with Crippen molar-refractivity contribution in [2.75, 3.05) is 0 Å². The van der Waals surface area contributed by atoms with Crippen LogP contribution < -0.4 is 0 Å².